The molecule has 26 heavy (non-hydrogen) atoms. The molecular weight excluding hydrogens is 336 g/mol. The molecule has 0 fully saturated rings. The first-order valence-corrected chi connectivity index (χ1v) is 7.76. The van der Waals surface area contributed by atoms with E-state index in [-0.39, 0.29) is 12.3 Å². The van der Waals surface area contributed by atoms with E-state index in [4.69, 9.17) is 21.1 Å². The standard InChI is InChI=1S/C18H18N4O4/c1-25-13-4-2-3-11(7-13)8-16-18(24)22(10-17(23)21-20)14-6-5-12(19)9-15(14)26-16/h2-9H,10,19-20H2,1H3,(H,21,23)/b16-8+. The number of nitrogens with two attached hydrogens (primary N) is 2. The van der Waals surface area contributed by atoms with Crippen molar-refractivity contribution in [1.82, 2.24) is 5.43 Å². The number of hydrazine groups is 1. The lowest BCUT2D eigenvalue weighted by Gasteiger charge is -2.30. The minimum absolute atomic E-state index is 0.0566. The molecular formula is C18H18N4O4. The van der Waals surface area contributed by atoms with E-state index in [1.807, 2.05) is 5.43 Å². The van der Waals surface area contributed by atoms with Gasteiger partial charge in [0.1, 0.15) is 12.3 Å². The fraction of sp³-hybridized carbons (Fsp3) is 0.111. The fourth-order valence-electron chi connectivity index (χ4n) is 2.56. The van der Waals surface area contributed by atoms with Crippen molar-refractivity contribution in [2.24, 2.45) is 5.84 Å². The van der Waals surface area contributed by atoms with Gasteiger partial charge >= 0.3 is 0 Å². The molecule has 5 N–H and O–H groups in total. The molecule has 0 radical (unpaired) electrons. The van der Waals surface area contributed by atoms with Gasteiger partial charge in [0.2, 0.25) is 0 Å². The molecule has 1 aliphatic rings. The molecule has 1 aliphatic heterocycles. The van der Waals surface area contributed by atoms with Gasteiger partial charge in [-0.15, -0.1) is 0 Å². The Morgan fingerprint density at radius 1 is 1.31 bits per heavy atom. The summed E-state index contributed by atoms with van der Waals surface area (Å²) in [5.74, 6) is 5.26. The maximum absolute atomic E-state index is 12.8. The normalized spacial score (nSPS) is 14.6. The van der Waals surface area contributed by atoms with Crippen LogP contribution < -0.4 is 31.4 Å². The third-order valence-electron chi connectivity index (χ3n) is 3.80. The molecule has 0 saturated heterocycles. The third-order valence-corrected chi connectivity index (χ3v) is 3.80. The molecule has 0 saturated carbocycles. The average Bonchev–Trinajstić information content (AvgIpc) is 2.65. The van der Waals surface area contributed by atoms with Crippen LogP contribution in [0.1, 0.15) is 5.56 Å². The van der Waals surface area contributed by atoms with Gasteiger partial charge in [0.05, 0.1) is 12.8 Å². The van der Waals surface area contributed by atoms with Crippen molar-refractivity contribution >= 4 is 29.3 Å². The lowest BCUT2D eigenvalue weighted by Crippen LogP contribution is -2.45. The van der Waals surface area contributed by atoms with E-state index >= 15 is 0 Å². The third kappa shape index (κ3) is 3.45. The first-order chi connectivity index (χ1) is 12.5. The van der Waals surface area contributed by atoms with Gasteiger partial charge in [0.15, 0.2) is 11.5 Å². The van der Waals surface area contributed by atoms with Gasteiger partial charge in [-0.2, -0.15) is 0 Å². The van der Waals surface area contributed by atoms with Crippen LogP contribution in [0.3, 0.4) is 0 Å². The highest BCUT2D eigenvalue weighted by Gasteiger charge is 2.31. The van der Waals surface area contributed by atoms with E-state index < -0.39 is 11.8 Å². The smallest absolute Gasteiger partial charge is 0.294 e. The number of amides is 2. The number of hydrogen-bond acceptors (Lipinski definition) is 6. The molecule has 2 aromatic rings. The number of nitrogens with zero attached hydrogens (tertiary/aromatic N) is 1. The van der Waals surface area contributed by atoms with Crippen LogP contribution in [0.15, 0.2) is 48.2 Å². The van der Waals surface area contributed by atoms with Crippen LogP contribution in [0.5, 0.6) is 11.5 Å². The molecule has 0 atom stereocenters. The molecule has 8 heteroatoms. The van der Waals surface area contributed by atoms with Crippen molar-refractivity contribution in [3.8, 4) is 11.5 Å². The second-order valence-corrected chi connectivity index (χ2v) is 5.57. The highest BCUT2D eigenvalue weighted by molar-refractivity contribution is 6.12. The van der Waals surface area contributed by atoms with Crippen molar-refractivity contribution in [1.29, 1.82) is 0 Å². The second kappa shape index (κ2) is 7.16. The molecule has 0 aromatic heterocycles. The fourth-order valence-corrected chi connectivity index (χ4v) is 2.56. The quantitative estimate of drug-likeness (QED) is 0.248. The number of nitrogen functional groups attached to an aromatic ring is 1. The number of anilines is 2. The number of hydrogen-bond donors (Lipinski definition) is 3. The number of carbonyl (C=O) groups excluding carboxylic acids is 2. The van der Waals surface area contributed by atoms with Crippen LogP contribution in [0.4, 0.5) is 11.4 Å². The summed E-state index contributed by atoms with van der Waals surface area (Å²) in [4.78, 5) is 25.8. The zero-order valence-corrected chi connectivity index (χ0v) is 14.1. The van der Waals surface area contributed by atoms with Crippen LogP contribution in [-0.2, 0) is 9.59 Å². The summed E-state index contributed by atoms with van der Waals surface area (Å²) < 4.78 is 10.9. The van der Waals surface area contributed by atoms with Crippen molar-refractivity contribution < 1.29 is 19.1 Å². The summed E-state index contributed by atoms with van der Waals surface area (Å²) in [6, 6.07) is 12.0. The Labute approximate surface area is 149 Å². The summed E-state index contributed by atoms with van der Waals surface area (Å²) in [5.41, 5.74) is 9.45. The summed E-state index contributed by atoms with van der Waals surface area (Å²) in [7, 11) is 1.56. The van der Waals surface area contributed by atoms with Crippen LogP contribution in [0.2, 0.25) is 0 Å². The monoisotopic (exact) mass is 354 g/mol. The number of nitrogens with one attached hydrogen (secondary N) is 1. The molecule has 3 rings (SSSR count). The van der Waals surface area contributed by atoms with Crippen molar-refractivity contribution in [2.45, 2.75) is 0 Å². The lowest BCUT2D eigenvalue weighted by atomic mass is 10.1. The molecule has 134 valence electrons. The number of fused-ring (bicyclic) bond motifs is 1. The molecule has 2 amide bonds. The maximum Gasteiger partial charge on any atom is 0.294 e. The van der Waals surface area contributed by atoms with Crippen LogP contribution >= 0.6 is 0 Å². The molecule has 8 nitrogen and oxygen atoms in total. The van der Waals surface area contributed by atoms with Gasteiger partial charge in [0, 0.05) is 11.8 Å². The van der Waals surface area contributed by atoms with Crippen molar-refractivity contribution in [2.75, 3.05) is 24.3 Å². The molecule has 0 unspecified atom stereocenters. The second-order valence-electron chi connectivity index (χ2n) is 5.57. The van der Waals surface area contributed by atoms with E-state index in [1.54, 1.807) is 55.7 Å². The van der Waals surface area contributed by atoms with Crippen LogP contribution in [-0.4, -0.2) is 25.5 Å². The summed E-state index contributed by atoms with van der Waals surface area (Å²) in [5, 5.41) is 0. The topological polar surface area (TPSA) is 120 Å². The number of methoxy groups -OCH3 is 1. The Morgan fingerprint density at radius 2 is 2.12 bits per heavy atom. The Kier molecular flexibility index (Phi) is 4.76. The van der Waals surface area contributed by atoms with E-state index in [0.717, 1.165) is 0 Å². The summed E-state index contributed by atoms with van der Waals surface area (Å²) >= 11 is 0. The molecule has 2 aromatic carbocycles. The first kappa shape index (κ1) is 17.3. The molecule has 0 aliphatic carbocycles. The van der Waals surface area contributed by atoms with Gasteiger partial charge < -0.3 is 15.2 Å². The van der Waals surface area contributed by atoms with Gasteiger partial charge in [-0.05, 0) is 35.9 Å². The van der Waals surface area contributed by atoms with Crippen molar-refractivity contribution in [3.63, 3.8) is 0 Å². The van der Waals surface area contributed by atoms with Gasteiger partial charge in [0.25, 0.3) is 11.8 Å². The van der Waals surface area contributed by atoms with Crippen LogP contribution in [0.25, 0.3) is 6.08 Å². The highest BCUT2D eigenvalue weighted by Crippen LogP contribution is 2.37. The number of carbonyl (C=O) groups is 2. The highest BCUT2D eigenvalue weighted by atomic mass is 16.5. The average molecular weight is 354 g/mol. The number of benzene rings is 2. The predicted octanol–water partition coefficient (Wildman–Crippen LogP) is 1.03. The molecule has 1 heterocycles. The summed E-state index contributed by atoms with van der Waals surface area (Å²) in [6.45, 7) is -0.245. The van der Waals surface area contributed by atoms with E-state index in [0.29, 0.717) is 28.4 Å². The lowest BCUT2D eigenvalue weighted by molar-refractivity contribution is -0.123. The SMILES string of the molecule is COc1cccc(/C=C2/Oc3cc(N)ccc3N(CC(=O)NN)C2=O)c1. The minimum Gasteiger partial charge on any atom is -0.497 e. The van der Waals surface area contributed by atoms with Gasteiger partial charge in [-0.1, -0.05) is 12.1 Å². The largest absolute Gasteiger partial charge is 0.497 e. The summed E-state index contributed by atoms with van der Waals surface area (Å²) in [6.07, 6.45) is 1.57. The maximum atomic E-state index is 12.8. The van der Waals surface area contributed by atoms with Gasteiger partial charge in [-0.25, -0.2) is 5.84 Å². The minimum atomic E-state index is -0.510. The van der Waals surface area contributed by atoms with E-state index in [1.165, 1.54) is 4.90 Å². The predicted molar refractivity (Wildman–Crippen MR) is 97.1 cm³/mol. The zero-order valence-electron chi connectivity index (χ0n) is 14.1. The zero-order chi connectivity index (χ0) is 18.7. The number of rotatable bonds is 4. The first-order valence-electron chi connectivity index (χ1n) is 7.76. The van der Waals surface area contributed by atoms with Crippen molar-refractivity contribution in [3.05, 3.63) is 53.8 Å². The number of ether oxygens (including phenoxy) is 2. The molecule has 0 spiro atoms. The van der Waals surface area contributed by atoms with E-state index in [9.17, 15) is 9.59 Å². The Morgan fingerprint density at radius 3 is 2.85 bits per heavy atom. The Hall–Kier alpha value is -3.52. The molecule has 0 bridgehead atoms. The Bertz CT molecular complexity index is 895. The van der Waals surface area contributed by atoms with Gasteiger partial charge in [-0.3, -0.25) is 19.9 Å². The Balaban J connectivity index is 2.03. The van der Waals surface area contributed by atoms with Crippen LogP contribution in [0, 0.1) is 0 Å². The van der Waals surface area contributed by atoms with E-state index in [2.05, 4.69) is 0 Å².